The summed E-state index contributed by atoms with van der Waals surface area (Å²) in [6, 6.07) is 10.0. The Labute approximate surface area is 148 Å². The number of rotatable bonds is 3. The molecule has 1 atom stereocenters. The van der Waals surface area contributed by atoms with Crippen LogP contribution in [0.15, 0.2) is 34.2 Å². The lowest BCUT2D eigenvalue weighted by Crippen LogP contribution is -2.42. The van der Waals surface area contributed by atoms with E-state index >= 15 is 0 Å². The average Bonchev–Trinajstić information content (AvgIpc) is 2.97. The minimum Gasteiger partial charge on any atom is -0.370 e. The molecule has 1 aliphatic rings. The minimum absolute atomic E-state index is 0.000110. The van der Waals surface area contributed by atoms with Crippen molar-refractivity contribution in [1.82, 2.24) is 9.88 Å². The molecular formula is C17H19BrN2O2S. The van der Waals surface area contributed by atoms with Crippen molar-refractivity contribution in [2.75, 3.05) is 19.7 Å². The third-order valence-corrected chi connectivity index (χ3v) is 5.69. The highest BCUT2D eigenvalue weighted by molar-refractivity contribution is 9.11. The number of ether oxygens (including phenoxy) is 1. The van der Waals surface area contributed by atoms with Gasteiger partial charge in [-0.15, -0.1) is 11.3 Å². The number of benzene rings is 1. The third kappa shape index (κ3) is 3.65. The Morgan fingerprint density at radius 2 is 2.13 bits per heavy atom. The molecule has 0 spiro atoms. The Hall–Kier alpha value is -1.24. The molecule has 1 aromatic carbocycles. The van der Waals surface area contributed by atoms with Gasteiger partial charge in [-0.2, -0.15) is 0 Å². The highest BCUT2D eigenvalue weighted by Gasteiger charge is 2.29. The zero-order valence-electron chi connectivity index (χ0n) is 13.2. The molecule has 6 heteroatoms. The molecule has 0 aliphatic carbocycles. The summed E-state index contributed by atoms with van der Waals surface area (Å²) in [6.45, 7) is 5.89. The molecule has 2 heterocycles. The van der Waals surface area contributed by atoms with Crippen molar-refractivity contribution in [1.29, 1.82) is 0 Å². The van der Waals surface area contributed by atoms with Gasteiger partial charge in [0.05, 0.1) is 13.2 Å². The van der Waals surface area contributed by atoms with Crippen molar-refractivity contribution in [3.05, 3.63) is 50.4 Å². The maximum Gasteiger partial charge on any atom is 0.273 e. The lowest BCUT2D eigenvalue weighted by atomic mass is 10.1. The fourth-order valence-electron chi connectivity index (χ4n) is 2.70. The van der Waals surface area contributed by atoms with E-state index < -0.39 is 0 Å². The average molecular weight is 395 g/mol. The first-order chi connectivity index (χ1) is 11.1. The Balaban J connectivity index is 1.80. The van der Waals surface area contributed by atoms with Gasteiger partial charge in [0.1, 0.15) is 11.8 Å². The molecule has 23 heavy (non-hydrogen) atoms. The van der Waals surface area contributed by atoms with Crippen LogP contribution in [0.2, 0.25) is 0 Å². The predicted octanol–water partition coefficient (Wildman–Crippen LogP) is 4.24. The lowest BCUT2D eigenvalue weighted by molar-refractivity contribution is -0.0230. The van der Waals surface area contributed by atoms with Crippen LogP contribution >= 0.6 is 27.3 Å². The molecule has 122 valence electrons. The summed E-state index contributed by atoms with van der Waals surface area (Å²) in [6.07, 6.45) is -0.0709. The van der Waals surface area contributed by atoms with Gasteiger partial charge in [-0.1, -0.05) is 44.2 Å². The van der Waals surface area contributed by atoms with Crippen molar-refractivity contribution >= 4 is 33.2 Å². The number of carbonyl (C=O) groups excluding carboxylic acids is 1. The van der Waals surface area contributed by atoms with Gasteiger partial charge in [-0.05, 0) is 27.4 Å². The highest BCUT2D eigenvalue weighted by atomic mass is 79.9. The molecule has 0 N–H and O–H groups in total. The van der Waals surface area contributed by atoms with Crippen LogP contribution in [-0.2, 0) is 4.74 Å². The molecule has 1 unspecified atom stereocenters. The smallest absolute Gasteiger partial charge is 0.273 e. The third-order valence-electron chi connectivity index (χ3n) is 3.88. The molecule has 1 aromatic heterocycles. The summed E-state index contributed by atoms with van der Waals surface area (Å²) in [5.41, 5.74) is 1.68. The topological polar surface area (TPSA) is 42.4 Å². The number of hydrogen-bond acceptors (Lipinski definition) is 4. The van der Waals surface area contributed by atoms with Gasteiger partial charge in [0.25, 0.3) is 5.91 Å². The van der Waals surface area contributed by atoms with Crippen molar-refractivity contribution in [2.45, 2.75) is 25.9 Å². The molecule has 4 nitrogen and oxygen atoms in total. The van der Waals surface area contributed by atoms with Crippen LogP contribution in [-0.4, -0.2) is 35.5 Å². The summed E-state index contributed by atoms with van der Waals surface area (Å²) < 4.78 is 6.60. The van der Waals surface area contributed by atoms with Crippen molar-refractivity contribution in [3.63, 3.8) is 0 Å². The zero-order chi connectivity index (χ0) is 16.4. The first-order valence-corrected chi connectivity index (χ1v) is 9.29. The van der Waals surface area contributed by atoms with Crippen LogP contribution < -0.4 is 0 Å². The monoisotopic (exact) mass is 394 g/mol. The maximum atomic E-state index is 12.9. The lowest BCUT2D eigenvalue weighted by Gasteiger charge is -2.33. The van der Waals surface area contributed by atoms with E-state index in [1.54, 1.807) is 0 Å². The summed E-state index contributed by atoms with van der Waals surface area (Å²) in [5, 5.41) is 0. The van der Waals surface area contributed by atoms with Gasteiger partial charge in [-0.25, -0.2) is 4.98 Å². The van der Waals surface area contributed by atoms with Crippen LogP contribution in [0.3, 0.4) is 0 Å². The number of halogens is 1. The van der Waals surface area contributed by atoms with Crippen LogP contribution in [0.5, 0.6) is 0 Å². The van der Waals surface area contributed by atoms with E-state index in [0.717, 1.165) is 14.4 Å². The van der Waals surface area contributed by atoms with E-state index in [0.29, 0.717) is 25.4 Å². The van der Waals surface area contributed by atoms with E-state index in [2.05, 4.69) is 34.8 Å². The summed E-state index contributed by atoms with van der Waals surface area (Å²) in [4.78, 5) is 20.2. The zero-order valence-corrected chi connectivity index (χ0v) is 15.6. The molecule has 2 aromatic rings. The van der Waals surface area contributed by atoms with E-state index in [9.17, 15) is 4.79 Å². The van der Waals surface area contributed by atoms with Gasteiger partial charge in [0.15, 0.2) is 3.92 Å². The number of morpholine rings is 1. The number of hydrogen-bond donors (Lipinski definition) is 0. The molecule has 1 saturated heterocycles. The fourth-order valence-corrected chi connectivity index (χ4v) is 4.19. The van der Waals surface area contributed by atoms with Crippen molar-refractivity contribution in [2.24, 2.45) is 0 Å². The predicted molar refractivity (Wildman–Crippen MR) is 94.9 cm³/mol. The molecule has 0 bridgehead atoms. The van der Waals surface area contributed by atoms with Crippen molar-refractivity contribution in [3.8, 4) is 0 Å². The first kappa shape index (κ1) is 16.6. The standard InChI is InChI=1S/C17H19BrN2O2S/c1-11(2)15-14(19-17(18)23-15)16(21)20-8-9-22-13(10-20)12-6-4-3-5-7-12/h3-7,11,13H,8-10H2,1-2H3. The van der Waals surface area contributed by atoms with Gasteiger partial charge in [-0.3, -0.25) is 4.79 Å². The molecule has 1 aliphatic heterocycles. The maximum absolute atomic E-state index is 12.9. The normalized spacial score (nSPS) is 18.4. The van der Waals surface area contributed by atoms with Crippen LogP contribution in [0.1, 0.15) is 46.8 Å². The number of nitrogens with zero attached hydrogens (tertiary/aromatic N) is 2. The molecular weight excluding hydrogens is 376 g/mol. The fraction of sp³-hybridized carbons (Fsp3) is 0.412. The summed E-state index contributed by atoms with van der Waals surface area (Å²) in [7, 11) is 0. The molecule has 0 saturated carbocycles. The van der Waals surface area contributed by atoms with Crippen molar-refractivity contribution < 1.29 is 9.53 Å². The van der Waals surface area contributed by atoms with E-state index in [4.69, 9.17) is 4.74 Å². The summed E-state index contributed by atoms with van der Waals surface area (Å²) in [5.74, 6) is 0.281. The van der Waals surface area contributed by atoms with Gasteiger partial charge in [0, 0.05) is 11.4 Å². The number of carbonyl (C=O) groups is 1. The van der Waals surface area contributed by atoms with E-state index in [1.807, 2.05) is 35.2 Å². The molecule has 1 fully saturated rings. The highest BCUT2D eigenvalue weighted by Crippen LogP contribution is 2.31. The number of thiazole rings is 1. The molecule has 0 radical (unpaired) electrons. The van der Waals surface area contributed by atoms with Crippen LogP contribution in [0.4, 0.5) is 0 Å². The second kappa shape index (κ2) is 7.11. The second-order valence-electron chi connectivity index (χ2n) is 5.86. The second-order valence-corrected chi connectivity index (χ2v) is 8.16. The first-order valence-electron chi connectivity index (χ1n) is 7.68. The Bertz CT molecular complexity index is 687. The van der Waals surface area contributed by atoms with E-state index in [-0.39, 0.29) is 17.9 Å². The van der Waals surface area contributed by atoms with Gasteiger partial charge >= 0.3 is 0 Å². The molecule has 1 amide bonds. The SMILES string of the molecule is CC(C)c1sc(Br)nc1C(=O)N1CCOC(c2ccccc2)C1. The quantitative estimate of drug-likeness (QED) is 0.781. The largest absolute Gasteiger partial charge is 0.370 e. The Morgan fingerprint density at radius 3 is 2.83 bits per heavy atom. The van der Waals surface area contributed by atoms with Crippen LogP contribution in [0, 0.1) is 0 Å². The number of amides is 1. The van der Waals surface area contributed by atoms with Crippen LogP contribution in [0.25, 0.3) is 0 Å². The Kier molecular flexibility index (Phi) is 5.14. The molecule has 3 rings (SSSR count). The summed E-state index contributed by atoms with van der Waals surface area (Å²) >= 11 is 4.94. The van der Waals surface area contributed by atoms with Gasteiger partial charge < -0.3 is 9.64 Å². The Morgan fingerprint density at radius 1 is 1.39 bits per heavy atom. The van der Waals surface area contributed by atoms with E-state index in [1.165, 1.54) is 11.3 Å². The van der Waals surface area contributed by atoms with Gasteiger partial charge in [0.2, 0.25) is 0 Å². The minimum atomic E-state index is -0.0709. The number of aromatic nitrogens is 1.